The molecule has 4 nitrogen and oxygen atoms in total. The van der Waals surface area contributed by atoms with Gasteiger partial charge in [-0.3, -0.25) is 0 Å². The lowest BCUT2D eigenvalue weighted by molar-refractivity contribution is -0.763. The SMILES string of the molecule is CCc1[n+]([O-])c(C)cc(C)[n+]1[O-]. The van der Waals surface area contributed by atoms with Gasteiger partial charge in [-0.15, -0.1) is 9.46 Å². The summed E-state index contributed by atoms with van der Waals surface area (Å²) in [4.78, 5) is 0. The van der Waals surface area contributed by atoms with Crippen molar-refractivity contribution >= 4 is 0 Å². The molecule has 0 radical (unpaired) electrons. The van der Waals surface area contributed by atoms with Crippen LogP contribution in [0.5, 0.6) is 0 Å². The summed E-state index contributed by atoms with van der Waals surface area (Å²) in [7, 11) is 0. The largest absolute Gasteiger partial charge is 0.614 e. The van der Waals surface area contributed by atoms with Crippen molar-refractivity contribution in [1.82, 2.24) is 0 Å². The zero-order chi connectivity index (χ0) is 9.30. The molecular formula is C8H12N2O2. The maximum atomic E-state index is 11.3. The third kappa shape index (κ3) is 1.20. The average Bonchev–Trinajstić information content (AvgIpc) is 2.02. The van der Waals surface area contributed by atoms with E-state index in [2.05, 4.69) is 0 Å². The number of aromatic nitrogens is 2. The molecule has 0 spiro atoms. The van der Waals surface area contributed by atoms with Crippen LogP contribution in [-0.2, 0) is 6.42 Å². The quantitative estimate of drug-likeness (QED) is 0.442. The molecule has 0 amide bonds. The van der Waals surface area contributed by atoms with Crippen LogP contribution in [0.4, 0.5) is 0 Å². The van der Waals surface area contributed by atoms with Gasteiger partial charge in [-0.1, -0.05) is 0 Å². The molecule has 0 bridgehead atoms. The zero-order valence-corrected chi connectivity index (χ0v) is 7.50. The molecule has 0 aliphatic carbocycles. The van der Waals surface area contributed by atoms with E-state index in [1.54, 1.807) is 26.8 Å². The molecule has 0 aliphatic heterocycles. The van der Waals surface area contributed by atoms with E-state index in [1.807, 2.05) is 0 Å². The van der Waals surface area contributed by atoms with Crippen molar-refractivity contribution in [3.8, 4) is 0 Å². The molecule has 0 aliphatic rings. The normalized spacial score (nSPS) is 10.2. The van der Waals surface area contributed by atoms with Gasteiger partial charge in [0.1, 0.15) is 0 Å². The van der Waals surface area contributed by atoms with Crippen LogP contribution in [0.1, 0.15) is 24.1 Å². The van der Waals surface area contributed by atoms with Crippen LogP contribution < -0.4 is 9.46 Å². The Balaban J connectivity index is 3.42. The second-order valence-electron chi connectivity index (χ2n) is 2.79. The summed E-state index contributed by atoms with van der Waals surface area (Å²) < 4.78 is 1.36. The van der Waals surface area contributed by atoms with E-state index in [0.717, 1.165) is 0 Å². The summed E-state index contributed by atoms with van der Waals surface area (Å²) in [5.41, 5.74) is 1.13. The van der Waals surface area contributed by atoms with E-state index in [4.69, 9.17) is 0 Å². The van der Waals surface area contributed by atoms with Crippen molar-refractivity contribution in [2.45, 2.75) is 27.2 Å². The maximum absolute atomic E-state index is 11.3. The maximum Gasteiger partial charge on any atom is 0.440 e. The number of hydrogen-bond donors (Lipinski definition) is 0. The predicted molar refractivity (Wildman–Crippen MR) is 43.2 cm³/mol. The van der Waals surface area contributed by atoms with E-state index in [0.29, 0.717) is 27.3 Å². The van der Waals surface area contributed by atoms with Gasteiger partial charge in [0.15, 0.2) is 0 Å². The molecule has 1 heterocycles. The fraction of sp³-hybridized carbons (Fsp3) is 0.500. The summed E-state index contributed by atoms with van der Waals surface area (Å²) in [6.07, 6.45) is 0.454. The van der Waals surface area contributed by atoms with Crippen LogP contribution in [0.2, 0.25) is 0 Å². The van der Waals surface area contributed by atoms with Crippen LogP contribution in [0.15, 0.2) is 6.07 Å². The van der Waals surface area contributed by atoms with Gasteiger partial charge in [-0.2, -0.15) is 0 Å². The Morgan fingerprint density at radius 3 is 1.92 bits per heavy atom. The zero-order valence-electron chi connectivity index (χ0n) is 7.50. The minimum absolute atomic E-state index is 0.257. The molecule has 0 atom stereocenters. The molecule has 1 aromatic rings. The monoisotopic (exact) mass is 168 g/mol. The van der Waals surface area contributed by atoms with E-state index in [9.17, 15) is 10.4 Å². The fourth-order valence-electron chi connectivity index (χ4n) is 1.20. The molecule has 0 unspecified atom stereocenters. The van der Waals surface area contributed by atoms with Crippen molar-refractivity contribution in [1.29, 1.82) is 0 Å². The van der Waals surface area contributed by atoms with Crippen molar-refractivity contribution in [2.24, 2.45) is 0 Å². The Hall–Kier alpha value is -1.32. The number of hydrogen-bond acceptors (Lipinski definition) is 2. The first-order valence-electron chi connectivity index (χ1n) is 3.90. The third-order valence-electron chi connectivity index (χ3n) is 1.84. The van der Waals surface area contributed by atoms with Gasteiger partial charge in [-0.25, -0.2) is 0 Å². The number of rotatable bonds is 1. The first-order valence-corrected chi connectivity index (χ1v) is 3.90. The van der Waals surface area contributed by atoms with Crippen LogP contribution in [0.25, 0.3) is 0 Å². The first-order chi connectivity index (χ1) is 5.57. The number of aryl methyl sites for hydroxylation is 2. The summed E-state index contributed by atoms with van der Waals surface area (Å²) in [6, 6.07) is 1.58. The van der Waals surface area contributed by atoms with Gasteiger partial charge in [0.2, 0.25) is 11.4 Å². The second kappa shape index (κ2) is 2.97. The van der Waals surface area contributed by atoms with Gasteiger partial charge >= 0.3 is 5.82 Å². The predicted octanol–water partition coefficient (Wildman–Crippen LogP) is 0.133. The Morgan fingerprint density at radius 2 is 1.58 bits per heavy atom. The Kier molecular flexibility index (Phi) is 2.17. The molecule has 1 aromatic heterocycles. The van der Waals surface area contributed by atoms with Gasteiger partial charge in [0, 0.05) is 13.8 Å². The Bertz CT molecular complexity index is 284. The minimum Gasteiger partial charge on any atom is -0.614 e. The average molecular weight is 168 g/mol. The highest BCUT2D eigenvalue weighted by Gasteiger charge is 2.19. The van der Waals surface area contributed by atoms with E-state index in [-0.39, 0.29) is 5.82 Å². The molecule has 0 fully saturated rings. The van der Waals surface area contributed by atoms with Crippen molar-refractivity contribution in [2.75, 3.05) is 0 Å². The third-order valence-corrected chi connectivity index (χ3v) is 1.84. The highest BCUT2D eigenvalue weighted by Crippen LogP contribution is 1.94. The minimum atomic E-state index is 0.257. The van der Waals surface area contributed by atoms with Gasteiger partial charge < -0.3 is 10.4 Å². The molecule has 4 heteroatoms. The molecule has 1 rings (SSSR count). The van der Waals surface area contributed by atoms with Crippen molar-refractivity contribution in [3.63, 3.8) is 0 Å². The smallest absolute Gasteiger partial charge is 0.440 e. The van der Waals surface area contributed by atoms with E-state index in [1.165, 1.54) is 0 Å². The summed E-state index contributed by atoms with van der Waals surface area (Å²) in [5.74, 6) is 0.257. The molecule has 0 saturated carbocycles. The molecular weight excluding hydrogens is 156 g/mol. The van der Waals surface area contributed by atoms with E-state index < -0.39 is 0 Å². The highest BCUT2D eigenvalue weighted by atomic mass is 16.5. The van der Waals surface area contributed by atoms with Gasteiger partial charge in [0.05, 0.1) is 12.5 Å². The summed E-state index contributed by atoms with van der Waals surface area (Å²) in [5, 5.41) is 22.5. The number of nitrogens with zero attached hydrogens (tertiary/aromatic N) is 2. The molecule has 0 aromatic carbocycles. The van der Waals surface area contributed by atoms with Crippen molar-refractivity contribution in [3.05, 3.63) is 33.7 Å². The lowest BCUT2D eigenvalue weighted by Gasteiger charge is -2.07. The fourth-order valence-corrected chi connectivity index (χ4v) is 1.20. The van der Waals surface area contributed by atoms with Crippen LogP contribution >= 0.6 is 0 Å². The molecule has 0 N–H and O–H groups in total. The van der Waals surface area contributed by atoms with Crippen LogP contribution in [-0.4, -0.2) is 0 Å². The molecule has 12 heavy (non-hydrogen) atoms. The Morgan fingerprint density at radius 1 is 1.17 bits per heavy atom. The topological polar surface area (TPSA) is 53.9 Å². The summed E-state index contributed by atoms with van der Waals surface area (Å²) >= 11 is 0. The lowest BCUT2D eigenvalue weighted by Crippen LogP contribution is -2.51. The summed E-state index contributed by atoms with van der Waals surface area (Å²) in [6.45, 7) is 5.18. The first kappa shape index (κ1) is 8.77. The highest BCUT2D eigenvalue weighted by molar-refractivity contribution is 4.97. The molecule has 0 saturated heterocycles. The second-order valence-corrected chi connectivity index (χ2v) is 2.79. The Labute approximate surface area is 71.2 Å². The van der Waals surface area contributed by atoms with Gasteiger partial charge in [0.25, 0.3) is 0 Å². The van der Waals surface area contributed by atoms with Crippen molar-refractivity contribution < 1.29 is 9.46 Å². The van der Waals surface area contributed by atoms with E-state index >= 15 is 0 Å². The lowest BCUT2D eigenvalue weighted by atomic mass is 10.3. The van der Waals surface area contributed by atoms with Gasteiger partial charge in [-0.05, 0) is 6.92 Å². The molecule has 66 valence electrons. The van der Waals surface area contributed by atoms with Crippen LogP contribution in [0, 0.1) is 24.3 Å². The van der Waals surface area contributed by atoms with Crippen LogP contribution in [0.3, 0.4) is 0 Å². The standard InChI is InChI=1S/C8H12N2O2/c1-4-8-9(11)6(2)5-7(3)10(8)12/h5H,4H2,1-3H3.